The van der Waals surface area contributed by atoms with Crippen LogP contribution in [0.5, 0.6) is 5.75 Å². The van der Waals surface area contributed by atoms with Gasteiger partial charge in [-0.1, -0.05) is 19.3 Å². The van der Waals surface area contributed by atoms with Crippen molar-refractivity contribution in [2.75, 3.05) is 46.4 Å². The van der Waals surface area contributed by atoms with Crippen LogP contribution in [0.3, 0.4) is 0 Å². The molecule has 7 nitrogen and oxygen atoms in total. The molecular weight excluding hydrogens is 390 g/mol. The average molecular weight is 425 g/mol. The lowest BCUT2D eigenvalue weighted by atomic mass is 9.94. The first-order valence-corrected chi connectivity index (χ1v) is 12.2. The van der Waals surface area contributed by atoms with Crippen molar-refractivity contribution in [2.45, 2.75) is 50.0 Å². The quantitative estimate of drug-likeness (QED) is 0.702. The van der Waals surface area contributed by atoms with Crippen LogP contribution in [0.2, 0.25) is 0 Å². The Morgan fingerprint density at radius 1 is 1.14 bits per heavy atom. The van der Waals surface area contributed by atoms with Gasteiger partial charge in [-0.25, -0.2) is 8.42 Å². The fourth-order valence-corrected chi connectivity index (χ4v) is 5.70. The molecule has 2 aliphatic rings. The van der Waals surface area contributed by atoms with Crippen molar-refractivity contribution < 1.29 is 22.8 Å². The van der Waals surface area contributed by atoms with Gasteiger partial charge in [0.05, 0.1) is 37.7 Å². The lowest BCUT2D eigenvalue weighted by Crippen LogP contribution is -3.15. The molecule has 3 rings (SSSR count). The topological polar surface area (TPSA) is 71.4 Å². The molecule has 1 saturated heterocycles. The number of hydrogen-bond donors (Lipinski definition) is 1. The Bertz CT molecular complexity index is 768. The summed E-state index contributed by atoms with van der Waals surface area (Å²) in [6.45, 7) is 5.07. The maximum Gasteiger partial charge on any atom is 0.277 e. The molecule has 0 aromatic heterocycles. The molecule has 0 atom stereocenters. The first kappa shape index (κ1) is 22.1. The van der Waals surface area contributed by atoms with Crippen LogP contribution in [0.15, 0.2) is 29.2 Å². The highest BCUT2D eigenvalue weighted by molar-refractivity contribution is 7.89. The van der Waals surface area contributed by atoms with Gasteiger partial charge in [0.2, 0.25) is 10.0 Å². The van der Waals surface area contributed by atoms with E-state index in [1.165, 1.54) is 23.6 Å². The molecule has 8 heteroatoms. The molecule has 0 spiro atoms. The lowest BCUT2D eigenvalue weighted by molar-refractivity contribution is -0.896. The highest BCUT2D eigenvalue weighted by atomic mass is 32.2. The molecule has 162 valence electrons. The monoisotopic (exact) mass is 424 g/mol. The zero-order valence-corrected chi connectivity index (χ0v) is 18.4. The second kappa shape index (κ2) is 9.91. The van der Waals surface area contributed by atoms with E-state index in [0.717, 1.165) is 17.7 Å². The van der Waals surface area contributed by atoms with Gasteiger partial charge in [0.1, 0.15) is 5.75 Å². The molecule has 1 heterocycles. The normalized spacial score (nSPS) is 19.8. The number of carbonyl (C=O) groups excluding carboxylic acids is 1. The number of amides is 1. The van der Waals surface area contributed by atoms with Crippen LogP contribution in [0.25, 0.3) is 0 Å². The third kappa shape index (κ3) is 5.49. The minimum Gasteiger partial charge on any atom is -0.494 e. The Hall–Kier alpha value is -1.64. The van der Waals surface area contributed by atoms with Gasteiger partial charge in [-0.2, -0.15) is 4.31 Å². The van der Waals surface area contributed by atoms with Gasteiger partial charge in [0.25, 0.3) is 5.91 Å². The van der Waals surface area contributed by atoms with E-state index in [9.17, 15) is 13.2 Å². The van der Waals surface area contributed by atoms with Crippen molar-refractivity contribution in [3.63, 3.8) is 0 Å². The first-order valence-electron chi connectivity index (χ1n) is 10.7. The summed E-state index contributed by atoms with van der Waals surface area (Å²) < 4.78 is 32.7. The Morgan fingerprint density at radius 2 is 1.76 bits per heavy atom. The van der Waals surface area contributed by atoms with Gasteiger partial charge < -0.3 is 14.5 Å². The second-order valence-electron chi connectivity index (χ2n) is 8.03. The Kier molecular flexibility index (Phi) is 7.54. The second-order valence-corrected chi connectivity index (χ2v) is 9.97. The van der Waals surface area contributed by atoms with Crippen LogP contribution in [0.4, 0.5) is 0 Å². The number of benzene rings is 1. The molecule has 2 fully saturated rings. The predicted molar refractivity (Wildman–Crippen MR) is 112 cm³/mol. The van der Waals surface area contributed by atoms with Crippen molar-refractivity contribution in [3.8, 4) is 5.75 Å². The van der Waals surface area contributed by atoms with Gasteiger partial charge in [-0.05, 0) is 44.0 Å². The van der Waals surface area contributed by atoms with E-state index >= 15 is 0 Å². The third-order valence-corrected chi connectivity index (χ3v) is 8.03. The van der Waals surface area contributed by atoms with E-state index < -0.39 is 10.0 Å². The third-order valence-electron chi connectivity index (χ3n) is 6.12. The number of hydrogen-bond acceptors (Lipinski definition) is 4. The number of likely N-dealkylation sites (N-methyl/N-ethyl adjacent to an activating group) is 1. The molecule has 0 bridgehead atoms. The van der Waals surface area contributed by atoms with Crippen molar-refractivity contribution in [1.82, 2.24) is 9.21 Å². The summed E-state index contributed by atoms with van der Waals surface area (Å²) in [5.41, 5.74) is 0. The van der Waals surface area contributed by atoms with Crippen molar-refractivity contribution >= 4 is 15.9 Å². The molecule has 0 unspecified atom stereocenters. The lowest BCUT2D eigenvalue weighted by Gasteiger charge is -2.34. The van der Waals surface area contributed by atoms with E-state index in [4.69, 9.17) is 4.74 Å². The van der Waals surface area contributed by atoms with Gasteiger partial charge in [-0.3, -0.25) is 4.79 Å². The van der Waals surface area contributed by atoms with Gasteiger partial charge >= 0.3 is 0 Å². The average Bonchev–Trinajstić information content (AvgIpc) is 2.75. The molecule has 1 N–H and O–H groups in total. The number of quaternary nitrogens is 1. The van der Waals surface area contributed by atoms with Crippen LogP contribution in [-0.2, 0) is 14.8 Å². The number of nitrogens with zero attached hydrogens (tertiary/aromatic N) is 2. The summed E-state index contributed by atoms with van der Waals surface area (Å²) in [7, 11) is -1.59. The predicted octanol–water partition coefficient (Wildman–Crippen LogP) is 0.766. The summed E-state index contributed by atoms with van der Waals surface area (Å²) in [4.78, 5) is 16.0. The number of sulfonamides is 1. The minimum atomic E-state index is -3.51. The Morgan fingerprint density at radius 3 is 2.34 bits per heavy atom. The number of nitrogens with one attached hydrogen (secondary N) is 1. The Balaban J connectivity index is 1.52. The van der Waals surface area contributed by atoms with Crippen molar-refractivity contribution in [2.24, 2.45) is 0 Å². The number of piperazine rings is 1. The number of carbonyl (C=O) groups is 1. The largest absolute Gasteiger partial charge is 0.494 e. The highest BCUT2D eigenvalue weighted by Crippen LogP contribution is 2.22. The summed E-state index contributed by atoms with van der Waals surface area (Å²) >= 11 is 0. The van der Waals surface area contributed by atoms with Gasteiger partial charge in [0, 0.05) is 13.1 Å². The molecule has 29 heavy (non-hydrogen) atoms. The van der Waals surface area contributed by atoms with Crippen LogP contribution in [-0.4, -0.2) is 76.0 Å². The van der Waals surface area contributed by atoms with E-state index in [0.29, 0.717) is 51.1 Å². The summed E-state index contributed by atoms with van der Waals surface area (Å²) in [5.74, 6) is 0.844. The van der Waals surface area contributed by atoms with Crippen LogP contribution < -0.4 is 9.64 Å². The molecule has 0 radical (unpaired) electrons. The minimum absolute atomic E-state index is 0.176. The zero-order valence-electron chi connectivity index (χ0n) is 17.6. The number of ether oxygens (including phenoxy) is 1. The molecule has 1 aromatic rings. The van der Waals surface area contributed by atoms with Crippen LogP contribution in [0.1, 0.15) is 39.0 Å². The highest BCUT2D eigenvalue weighted by Gasteiger charge is 2.32. The van der Waals surface area contributed by atoms with Gasteiger partial charge in [0.15, 0.2) is 6.54 Å². The maximum absolute atomic E-state index is 12.9. The fourth-order valence-electron chi connectivity index (χ4n) is 4.25. The van der Waals surface area contributed by atoms with Gasteiger partial charge in [-0.15, -0.1) is 0 Å². The fraction of sp³-hybridized carbons (Fsp3) is 0.667. The summed E-state index contributed by atoms with van der Waals surface area (Å²) in [5, 5.41) is 0. The summed E-state index contributed by atoms with van der Waals surface area (Å²) in [6.07, 6.45) is 5.89. The van der Waals surface area contributed by atoms with Crippen LogP contribution >= 0.6 is 0 Å². The van der Waals surface area contributed by atoms with E-state index in [1.807, 2.05) is 18.9 Å². The molecule has 1 saturated carbocycles. The smallest absolute Gasteiger partial charge is 0.277 e. The zero-order chi connectivity index (χ0) is 20.9. The summed E-state index contributed by atoms with van der Waals surface area (Å²) in [6, 6.07) is 6.96. The molecule has 1 amide bonds. The Labute approximate surface area is 174 Å². The first-order chi connectivity index (χ1) is 13.9. The van der Waals surface area contributed by atoms with E-state index in [-0.39, 0.29) is 10.8 Å². The van der Waals surface area contributed by atoms with Crippen molar-refractivity contribution in [1.29, 1.82) is 0 Å². The standard InChI is InChI=1S/C21H33N3O4S/c1-3-28-19-9-11-20(12-10-19)29(26,27)24-15-13-23(14-16-24)17-21(25)22(2)18-7-5-4-6-8-18/h9-12,18H,3-8,13-17H2,1-2H3/p+1. The van der Waals surface area contributed by atoms with Crippen LogP contribution in [0, 0.1) is 0 Å². The maximum atomic E-state index is 12.9. The molecule has 1 aliphatic heterocycles. The van der Waals surface area contributed by atoms with E-state index in [1.54, 1.807) is 24.3 Å². The van der Waals surface area contributed by atoms with Crippen molar-refractivity contribution in [3.05, 3.63) is 24.3 Å². The SMILES string of the molecule is CCOc1ccc(S(=O)(=O)N2CC[NH+](CC(=O)N(C)C3CCCCC3)CC2)cc1. The molecular formula is C21H34N3O4S+. The number of rotatable bonds is 7. The molecule has 1 aromatic carbocycles. The van der Waals surface area contributed by atoms with E-state index in [2.05, 4.69) is 0 Å². The molecule has 1 aliphatic carbocycles.